The van der Waals surface area contributed by atoms with Crippen molar-refractivity contribution in [3.63, 3.8) is 0 Å². The molecule has 0 atom stereocenters. The molecule has 0 saturated carbocycles. The minimum absolute atomic E-state index is 0.219. The molecule has 2 aromatic carbocycles. The van der Waals surface area contributed by atoms with Gasteiger partial charge in [-0.05, 0) is 69.8 Å². The number of anilines is 1. The lowest BCUT2D eigenvalue weighted by Gasteiger charge is -2.09. The summed E-state index contributed by atoms with van der Waals surface area (Å²) in [5.41, 5.74) is 0.559. The summed E-state index contributed by atoms with van der Waals surface area (Å²) >= 11 is 7.33. The van der Waals surface area contributed by atoms with Gasteiger partial charge < -0.3 is 5.32 Å². The Kier molecular flexibility index (Phi) is 4.82. The van der Waals surface area contributed by atoms with Crippen LogP contribution in [0.4, 0.5) is 5.82 Å². The lowest BCUT2D eigenvalue weighted by molar-refractivity contribution is 0.0978. The van der Waals surface area contributed by atoms with Gasteiger partial charge in [0.05, 0.1) is 0 Å². The van der Waals surface area contributed by atoms with Crippen molar-refractivity contribution < 1.29 is 4.79 Å². The molecule has 0 aliphatic rings. The van der Waals surface area contributed by atoms with E-state index in [2.05, 4.69) is 38.2 Å². The number of hydrogen-bond donors (Lipinski definition) is 2. The Morgan fingerprint density at radius 2 is 1.83 bits per heavy atom. The topological polar surface area (TPSA) is 54.0 Å². The van der Waals surface area contributed by atoms with Gasteiger partial charge in [-0.2, -0.15) is 0 Å². The average molecular weight is 433 g/mol. The van der Waals surface area contributed by atoms with E-state index in [1.165, 1.54) is 0 Å². The number of fused-ring (bicyclic) bond motifs is 1. The summed E-state index contributed by atoms with van der Waals surface area (Å²) < 4.78 is 1.03. The van der Waals surface area contributed by atoms with Gasteiger partial charge in [-0.25, -0.2) is 4.98 Å². The molecule has 0 saturated heterocycles. The lowest BCUT2D eigenvalue weighted by atomic mass is 10.1. The zero-order valence-corrected chi connectivity index (χ0v) is 14.9. The predicted octanol–water partition coefficient (Wildman–Crippen LogP) is 3.97. The molecule has 3 rings (SSSR count). The number of hydrogen-bond acceptors (Lipinski definition) is 3. The first-order valence-electron chi connectivity index (χ1n) is 6.84. The van der Waals surface area contributed by atoms with Gasteiger partial charge in [0.1, 0.15) is 5.82 Å². The average Bonchev–Trinajstić information content (AvgIpc) is 2.56. The highest BCUT2D eigenvalue weighted by Gasteiger charge is 2.09. The number of carbonyl (C=O) groups excluding carboxylic acids is 1. The normalized spacial score (nSPS) is 10.3. The van der Waals surface area contributed by atoms with Crippen LogP contribution in [0.2, 0.25) is 0 Å². The van der Waals surface area contributed by atoms with Gasteiger partial charge in [-0.1, -0.05) is 30.3 Å². The zero-order valence-electron chi connectivity index (χ0n) is 11.9. The third-order valence-electron chi connectivity index (χ3n) is 3.21. The summed E-state index contributed by atoms with van der Waals surface area (Å²) in [6, 6.07) is 17.1. The van der Waals surface area contributed by atoms with Crippen LogP contribution in [0, 0.1) is 3.57 Å². The van der Waals surface area contributed by atoms with E-state index in [0.717, 1.165) is 14.3 Å². The highest BCUT2D eigenvalue weighted by molar-refractivity contribution is 14.1. The van der Waals surface area contributed by atoms with Crippen molar-refractivity contribution in [2.75, 3.05) is 5.32 Å². The van der Waals surface area contributed by atoms with Crippen LogP contribution in [0.15, 0.2) is 60.8 Å². The fourth-order valence-electron chi connectivity index (χ4n) is 2.10. The fourth-order valence-corrected chi connectivity index (χ4v) is 2.62. The fraction of sp³-hybridized carbons (Fsp3) is 0. The second kappa shape index (κ2) is 7.01. The molecule has 1 heterocycles. The van der Waals surface area contributed by atoms with Gasteiger partial charge in [0.2, 0.25) is 0 Å². The molecule has 0 fully saturated rings. The molecule has 3 aromatic rings. The van der Waals surface area contributed by atoms with Gasteiger partial charge in [0.25, 0.3) is 5.91 Å². The molecule has 114 valence electrons. The molecule has 4 nitrogen and oxygen atoms in total. The van der Waals surface area contributed by atoms with Crippen LogP contribution in [0.25, 0.3) is 10.8 Å². The maximum absolute atomic E-state index is 12.3. The Morgan fingerprint density at radius 1 is 1.04 bits per heavy atom. The van der Waals surface area contributed by atoms with Gasteiger partial charge in [-0.3, -0.25) is 10.1 Å². The van der Waals surface area contributed by atoms with E-state index in [1.807, 2.05) is 42.5 Å². The molecule has 6 heteroatoms. The second-order valence-corrected chi connectivity index (χ2v) is 6.49. The number of benzene rings is 2. The van der Waals surface area contributed by atoms with Crippen molar-refractivity contribution in [1.82, 2.24) is 10.3 Å². The number of nitrogens with zero attached hydrogens (tertiary/aromatic N) is 1. The molecule has 0 spiro atoms. The van der Waals surface area contributed by atoms with Crippen molar-refractivity contribution in [1.29, 1.82) is 0 Å². The Balaban J connectivity index is 1.69. The van der Waals surface area contributed by atoms with E-state index in [0.29, 0.717) is 11.4 Å². The molecule has 0 bridgehead atoms. The van der Waals surface area contributed by atoms with E-state index in [9.17, 15) is 4.79 Å². The smallest absolute Gasteiger partial charge is 0.257 e. The number of halogens is 1. The van der Waals surface area contributed by atoms with Crippen LogP contribution in [0.5, 0.6) is 0 Å². The molecule has 1 aromatic heterocycles. The Morgan fingerprint density at radius 3 is 2.57 bits per heavy atom. The van der Waals surface area contributed by atoms with Gasteiger partial charge in [0, 0.05) is 15.3 Å². The van der Waals surface area contributed by atoms with E-state index in [4.69, 9.17) is 12.2 Å². The Hall–Kier alpha value is -2.06. The van der Waals surface area contributed by atoms with Gasteiger partial charge >= 0.3 is 0 Å². The highest BCUT2D eigenvalue weighted by Crippen LogP contribution is 2.15. The highest BCUT2D eigenvalue weighted by atomic mass is 127. The largest absolute Gasteiger partial charge is 0.317 e. The van der Waals surface area contributed by atoms with Crippen molar-refractivity contribution in [3.05, 3.63) is 69.9 Å². The maximum atomic E-state index is 12.3. The van der Waals surface area contributed by atoms with Crippen LogP contribution in [-0.2, 0) is 0 Å². The van der Waals surface area contributed by atoms with Crippen molar-refractivity contribution >= 4 is 62.4 Å². The minimum atomic E-state index is -0.251. The summed E-state index contributed by atoms with van der Waals surface area (Å²) in [6.45, 7) is 0. The molecule has 0 unspecified atom stereocenters. The SMILES string of the molecule is O=C(NC(=S)Nc1ccc(I)cn1)c1ccc2ccccc2c1. The first-order chi connectivity index (χ1) is 11.1. The van der Waals surface area contributed by atoms with Crippen molar-refractivity contribution in [2.45, 2.75) is 0 Å². The molecule has 0 aliphatic heterocycles. The first kappa shape index (κ1) is 15.8. The van der Waals surface area contributed by atoms with Crippen LogP contribution in [0.1, 0.15) is 10.4 Å². The van der Waals surface area contributed by atoms with Crippen molar-refractivity contribution in [3.8, 4) is 0 Å². The second-order valence-electron chi connectivity index (χ2n) is 4.83. The number of rotatable bonds is 2. The predicted molar refractivity (Wildman–Crippen MR) is 105 cm³/mol. The van der Waals surface area contributed by atoms with E-state index in [-0.39, 0.29) is 11.0 Å². The summed E-state index contributed by atoms with van der Waals surface area (Å²) in [5, 5.41) is 7.88. The summed E-state index contributed by atoms with van der Waals surface area (Å²) in [4.78, 5) is 16.5. The molecule has 1 amide bonds. The Labute approximate surface area is 152 Å². The number of carbonyl (C=O) groups is 1. The monoisotopic (exact) mass is 433 g/mol. The molecular formula is C17H12IN3OS. The van der Waals surface area contributed by atoms with E-state index in [1.54, 1.807) is 18.3 Å². The zero-order chi connectivity index (χ0) is 16.2. The number of pyridine rings is 1. The first-order valence-corrected chi connectivity index (χ1v) is 8.33. The van der Waals surface area contributed by atoms with Crippen LogP contribution in [0.3, 0.4) is 0 Å². The molecule has 0 radical (unpaired) electrons. The number of thiocarbonyl (C=S) groups is 1. The molecular weight excluding hydrogens is 421 g/mol. The van der Waals surface area contributed by atoms with Crippen LogP contribution >= 0.6 is 34.8 Å². The molecule has 2 N–H and O–H groups in total. The number of nitrogens with one attached hydrogen (secondary N) is 2. The van der Waals surface area contributed by atoms with E-state index < -0.39 is 0 Å². The van der Waals surface area contributed by atoms with Crippen LogP contribution < -0.4 is 10.6 Å². The summed E-state index contributed by atoms with van der Waals surface area (Å²) in [5.74, 6) is 0.341. The minimum Gasteiger partial charge on any atom is -0.317 e. The maximum Gasteiger partial charge on any atom is 0.257 e. The molecule has 23 heavy (non-hydrogen) atoms. The Bertz CT molecular complexity index is 880. The van der Waals surface area contributed by atoms with E-state index >= 15 is 0 Å². The number of aromatic nitrogens is 1. The van der Waals surface area contributed by atoms with Crippen LogP contribution in [-0.4, -0.2) is 16.0 Å². The van der Waals surface area contributed by atoms with Gasteiger partial charge in [-0.15, -0.1) is 0 Å². The molecule has 0 aliphatic carbocycles. The lowest BCUT2D eigenvalue weighted by Crippen LogP contribution is -2.34. The standard InChI is InChI=1S/C17H12IN3OS/c18-14-7-8-15(19-10-14)20-17(23)21-16(22)13-6-5-11-3-1-2-4-12(11)9-13/h1-10H,(H2,19,20,21,22,23). The summed E-state index contributed by atoms with van der Waals surface area (Å²) in [7, 11) is 0. The summed E-state index contributed by atoms with van der Waals surface area (Å²) in [6.07, 6.45) is 1.72. The van der Waals surface area contributed by atoms with Gasteiger partial charge in [0.15, 0.2) is 5.11 Å². The van der Waals surface area contributed by atoms with Crippen molar-refractivity contribution in [2.24, 2.45) is 0 Å². The third kappa shape index (κ3) is 4.02. The third-order valence-corrected chi connectivity index (χ3v) is 4.05. The number of amides is 1. The quantitative estimate of drug-likeness (QED) is 0.475.